The molecule has 2 aromatic carbocycles. The molecule has 0 heterocycles. The molecule has 0 aliphatic rings. The molecule has 2 rings (SSSR count). The molecule has 2 amide bonds. The molecule has 0 unspecified atom stereocenters. The highest BCUT2D eigenvalue weighted by Crippen LogP contribution is 2.14. The fourth-order valence-electron chi connectivity index (χ4n) is 2.71. The fraction of sp³-hybridized carbons (Fsp3) is 0.318. The Bertz CT molecular complexity index is 1050. The zero-order valence-corrected chi connectivity index (χ0v) is 19.1. The first-order chi connectivity index (χ1) is 15.1. The summed E-state index contributed by atoms with van der Waals surface area (Å²) in [7, 11) is -3.87. The van der Waals surface area contributed by atoms with Crippen LogP contribution >= 0.6 is 0 Å². The summed E-state index contributed by atoms with van der Waals surface area (Å²) in [4.78, 5) is 23.4. The van der Waals surface area contributed by atoms with Gasteiger partial charge in [0.2, 0.25) is 10.0 Å². The van der Waals surface area contributed by atoms with Crippen molar-refractivity contribution < 1.29 is 22.7 Å². The Hall–Kier alpha value is -3.24. The van der Waals surface area contributed by atoms with Gasteiger partial charge >= 0.3 is 0 Å². The second-order valence-electron chi connectivity index (χ2n) is 7.67. The zero-order chi connectivity index (χ0) is 23.7. The number of aryl methyl sites for hydroxylation is 1. The second kappa shape index (κ2) is 11.4. The van der Waals surface area contributed by atoms with Gasteiger partial charge in [-0.3, -0.25) is 9.59 Å². The predicted octanol–water partition coefficient (Wildman–Crippen LogP) is 1.70. The van der Waals surface area contributed by atoms with Crippen molar-refractivity contribution in [2.24, 2.45) is 16.8 Å². The molecule has 0 saturated carbocycles. The van der Waals surface area contributed by atoms with E-state index in [4.69, 9.17) is 10.5 Å². The van der Waals surface area contributed by atoms with Gasteiger partial charge in [0.25, 0.3) is 11.8 Å². The highest BCUT2D eigenvalue weighted by molar-refractivity contribution is 7.89. The van der Waals surface area contributed by atoms with Crippen molar-refractivity contribution in [3.8, 4) is 5.75 Å². The number of hydrogen-bond donors (Lipinski definition) is 3. The van der Waals surface area contributed by atoms with Crippen LogP contribution in [-0.4, -0.2) is 39.1 Å². The van der Waals surface area contributed by atoms with E-state index in [0.29, 0.717) is 17.7 Å². The first kappa shape index (κ1) is 25.0. The van der Waals surface area contributed by atoms with Crippen LogP contribution in [0.15, 0.2) is 58.5 Å². The molecule has 9 nitrogen and oxygen atoms in total. The maximum absolute atomic E-state index is 12.7. The third-order valence-corrected chi connectivity index (χ3v) is 5.79. The summed E-state index contributed by atoms with van der Waals surface area (Å²) in [6.07, 6.45) is 1.72. The van der Waals surface area contributed by atoms with Crippen molar-refractivity contribution in [2.75, 3.05) is 6.61 Å². The van der Waals surface area contributed by atoms with Crippen LogP contribution in [-0.2, 0) is 19.6 Å². The number of nitrogens with zero attached hydrogens (tertiary/aromatic N) is 1. The minimum Gasteiger partial charge on any atom is -0.484 e. The second-order valence-corrected chi connectivity index (χ2v) is 9.39. The highest BCUT2D eigenvalue weighted by atomic mass is 32.2. The van der Waals surface area contributed by atoms with Crippen LogP contribution in [0.2, 0.25) is 0 Å². The number of hydrazone groups is 1. The number of carbonyl (C=O) groups excluding carboxylic acids is 2. The molecule has 0 aromatic heterocycles. The molecule has 32 heavy (non-hydrogen) atoms. The van der Waals surface area contributed by atoms with Gasteiger partial charge in [-0.25, -0.2) is 13.8 Å². The zero-order valence-electron chi connectivity index (χ0n) is 18.2. The molecule has 4 N–H and O–H groups in total. The number of rotatable bonds is 11. The lowest BCUT2D eigenvalue weighted by Crippen LogP contribution is -2.46. The highest BCUT2D eigenvalue weighted by Gasteiger charge is 2.26. The summed E-state index contributed by atoms with van der Waals surface area (Å²) >= 11 is 0. The summed E-state index contributed by atoms with van der Waals surface area (Å²) in [6.45, 7) is 5.43. The lowest BCUT2D eigenvalue weighted by molar-refractivity contribution is -0.123. The molecule has 172 valence electrons. The van der Waals surface area contributed by atoms with Crippen molar-refractivity contribution in [1.82, 2.24) is 10.1 Å². The Morgan fingerprint density at radius 2 is 1.72 bits per heavy atom. The van der Waals surface area contributed by atoms with E-state index >= 15 is 0 Å². The molecule has 0 bridgehead atoms. The van der Waals surface area contributed by atoms with Crippen molar-refractivity contribution in [1.29, 1.82) is 0 Å². The molecular formula is C22H28N4O5S. The number of sulfonamides is 1. The van der Waals surface area contributed by atoms with Gasteiger partial charge in [-0.15, -0.1) is 0 Å². The molecule has 0 spiro atoms. The largest absolute Gasteiger partial charge is 0.484 e. The summed E-state index contributed by atoms with van der Waals surface area (Å²) in [6, 6.07) is 12.0. The van der Waals surface area contributed by atoms with Gasteiger partial charge in [0, 0.05) is 0 Å². The monoisotopic (exact) mass is 460 g/mol. The van der Waals surface area contributed by atoms with E-state index in [-0.39, 0.29) is 17.4 Å². The Morgan fingerprint density at radius 1 is 1.09 bits per heavy atom. The summed E-state index contributed by atoms with van der Waals surface area (Å²) in [5.41, 5.74) is 9.01. The molecule has 0 radical (unpaired) electrons. The predicted molar refractivity (Wildman–Crippen MR) is 122 cm³/mol. The number of nitrogens with one attached hydrogen (secondary N) is 2. The lowest BCUT2D eigenvalue weighted by Gasteiger charge is -2.19. The summed E-state index contributed by atoms with van der Waals surface area (Å²) in [5, 5.41) is 3.91. The first-order valence-corrected chi connectivity index (χ1v) is 11.5. The van der Waals surface area contributed by atoms with Gasteiger partial charge in [-0.1, -0.05) is 31.5 Å². The number of ether oxygens (including phenoxy) is 1. The molecule has 0 fully saturated rings. The fourth-order valence-corrected chi connectivity index (χ4v) is 3.91. The van der Waals surface area contributed by atoms with Crippen LogP contribution in [0.4, 0.5) is 0 Å². The smallest absolute Gasteiger partial charge is 0.258 e. The molecule has 0 aliphatic heterocycles. The average Bonchev–Trinajstić information content (AvgIpc) is 2.72. The third kappa shape index (κ3) is 8.12. The van der Waals surface area contributed by atoms with Crippen LogP contribution in [0, 0.1) is 12.8 Å². The minimum atomic E-state index is -3.87. The topological polar surface area (TPSA) is 140 Å². The average molecular weight is 461 g/mol. The number of nitrogens with two attached hydrogens (primary N) is 1. The van der Waals surface area contributed by atoms with E-state index in [0.717, 1.165) is 5.56 Å². The molecule has 0 aliphatic carbocycles. The maximum atomic E-state index is 12.7. The van der Waals surface area contributed by atoms with Crippen molar-refractivity contribution in [3.63, 3.8) is 0 Å². The minimum absolute atomic E-state index is 0.0726. The normalized spacial score (nSPS) is 12.6. The van der Waals surface area contributed by atoms with Crippen LogP contribution in [0.3, 0.4) is 0 Å². The number of benzene rings is 2. The van der Waals surface area contributed by atoms with Crippen LogP contribution in [0.5, 0.6) is 5.75 Å². The van der Waals surface area contributed by atoms with E-state index in [2.05, 4.69) is 15.2 Å². The summed E-state index contributed by atoms with van der Waals surface area (Å²) < 4.78 is 33.0. The number of carbonyl (C=O) groups is 2. The molecule has 2 aromatic rings. The third-order valence-electron chi connectivity index (χ3n) is 4.30. The molecular weight excluding hydrogens is 432 g/mol. The lowest BCUT2D eigenvalue weighted by atomic mass is 10.0. The van der Waals surface area contributed by atoms with Gasteiger partial charge in [0.05, 0.1) is 11.1 Å². The SMILES string of the molecule is Cc1ccc(S(=O)(=O)N[C@H](CC(C)C)C(=O)N/N=C\c2ccc(OCC(N)=O)cc2)cc1. The van der Waals surface area contributed by atoms with Gasteiger partial charge in [0.1, 0.15) is 11.8 Å². The van der Waals surface area contributed by atoms with E-state index in [1.807, 2.05) is 20.8 Å². The summed E-state index contributed by atoms with van der Waals surface area (Å²) in [5.74, 6) is -0.602. The Balaban J connectivity index is 2.03. The van der Waals surface area contributed by atoms with Crippen LogP contribution in [0.25, 0.3) is 0 Å². The van der Waals surface area contributed by atoms with Gasteiger partial charge in [-0.2, -0.15) is 9.82 Å². The number of amides is 2. The van der Waals surface area contributed by atoms with E-state index in [1.54, 1.807) is 36.4 Å². The Kier molecular flexibility index (Phi) is 8.91. The van der Waals surface area contributed by atoms with Crippen LogP contribution < -0.4 is 20.6 Å². The van der Waals surface area contributed by atoms with Crippen LogP contribution in [0.1, 0.15) is 31.4 Å². The van der Waals surface area contributed by atoms with Gasteiger partial charge in [0.15, 0.2) is 6.61 Å². The van der Waals surface area contributed by atoms with E-state index < -0.39 is 27.9 Å². The molecule has 0 saturated heterocycles. The van der Waals surface area contributed by atoms with Crippen molar-refractivity contribution >= 4 is 28.1 Å². The van der Waals surface area contributed by atoms with Gasteiger partial charge < -0.3 is 10.5 Å². The Labute approximate surface area is 188 Å². The van der Waals surface area contributed by atoms with E-state index in [1.165, 1.54) is 18.3 Å². The quantitative estimate of drug-likeness (QED) is 0.346. The first-order valence-electron chi connectivity index (χ1n) is 10.00. The molecule has 10 heteroatoms. The number of hydrogen-bond acceptors (Lipinski definition) is 6. The van der Waals surface area contributed by atoms with Gasteiger partial charge in [-0.05, 0) is 61.2 Å². The maximum Gasteiger partial charge on any atom is 0.258 e. The van der Waals surface area contributed by atoms with E-state index in [9.17, 15) is 18.0 Å². The van der Waals surface area contributed by atoms with Crippen molar-refractivity contribution in [3.05, 3.63) is 59.7 Å². The Morgan fingerprint density at radius 3 is 2.28 bits per heavy atom. The molecule has 1 atom stereocenters. The van der Waals surface area contributed by atoms with Crippen molar-refractivity contribution in [2.45, 2.75) is 38.1 Å². The standard InChI is InChI=1S/C22H28N4O5S/c1-15(2)12-20(26-32(29,30)19-10-4-16(3)5-11-19)22(28)25-24-13-17-6-8-18(9-7-17)31-14-21(23)27/h4-11,13,15,20,26H,12,14H2,1-3H3,(H2,23,27)(H,25,28)/b24-13-/t20-/m1/s1. The number of primary amides is 1.